The van der Waals surface area contributed by atoms with E-state index in [1.807, 2.05) is 27.7 Å². The molecule has 8 N–H and O–H groups in total. The summed E-state index contributed by atoms with van der Waals surface area (Å²) in [7, 11) is 0. The number of H-pyrrole nitrogens is 1. The lowest BCUT2D eigenvalue weighted by atomic mass is 10.00. The van der Waals surface area contributed by atoms with Crippen LogP contribution >= 0.6 is 0 Å². The van der Waals surface area contributed by atoms with Crippen molar-refractivity contribution in [2.24, 2.45) is 17.6 Å². The maximum Gasteiger partial charge on any atom is 0.328 e. The first-order valence-electron chi connectivity index (χ1n) is 11.4. The van der Waals surface area contributed by atoms with Crippen molar-refractivity contribution in [3.63, 3.8) is 0 Å². The largest absolute Gasteiger partial charge is 0.480 e. The van der Waals surface area contributed by atoms with Crippen LogP contribution in [0.4, 0.5) is 0 Å². The number of nitrogens with one attached hydrogen (secondary N) is 4. The fraction of sp³-hybridized carbons (Fsp3) is 0.682. The van der Waals surface area contributed by atoms with Gasteiger partial charge in [-0.1, -0.05) is 27.7 Å². The van der Waals surface area contributed by atoms with Crippen molar-refractivity contribution in [2.45, 2.75) is 84.2 Å². The van der Waals surface area contributed by atoms with Gasteiger partial charge in [-0.05, 0) is 31.6 Å². The molecular weight excluding hydrogens is 444 g/mol. The van der Waals surface area contributed by atoms with Crippen molar-refractivity contribution in [1.82, 2.24) is 25.9 Å². The number of carbonyl (C=O) groups is 4. The van der Waals surface area contributed by atoms with Crippen LogP contribution in [-0.2, 0) is 25.6 Å². The molecule has 34 heavy (non-hydrogen) atoms. The topological polar surface area (TPSA) is 200 Å². The molecule has 12 nitrogen and oxygen atoms in total. The van der Waals surface area contributed by atoms with Gasteiger partial charge in [0.1, 0.15) is 12.1 Å². The third-order valence-electron chi connectivity index (χ3n) is 5.06. The lowest BCUT2D eigenvalue weighted by molar-refractivity contribution is -0.145. The fourth-order valence-corrected chi connectivity index (χ4v) is 3.34. The van der Waals surface area contributed by atoms with Crippen LogP contribution in [0.3, 0.4) is 0 Å². The summed E-state index contributed by atoms with van der Waals surface area (Å²) in [5, 5.41) is 26.5. The van der Waals surface area contributed by atoms with E-state index in [1.54, 1.807) is 0 Å². The highest BCUT2D eigenvalue weighted by Crippen LogP contribution is 2.09. The summed E-state index contributed by atoms with van der Waals surface area (Å²) >= 11 is 0. The molecule has 0 spiro atoms. The number of rotatable bonds is 14. The highest BCUT2D eigenvalue weighted by molar-refractivity contribution is 5.94. The number of aromatic amines is 1. The van der Waals surface area contributed by atoms with Gasteiger partial charge < -0.3 is 36.9 Å². The second-order valence-corrected chi connectivity index (χ2v) is 9.33. The van der Waals surface area contributed by atoms with Crippen molar-refractivity contribution >= 4 is 23.7 Å². The molecule has 192 valence electrons. The molecule has 1 aromatic rings. The van der Waals surface area contributed by atoms with Gasteiger partial charge in [-0.2, -0.15) is 0 Å². The molecule has 0 bridgehead atoms. The molecule has 0 saturated heterocycles. The molecule has 12 heteroatoms. The second kappa shape index (κ2) is 13.7. The number of nitrogens with zero attached hydrogens (tertiary/aromatic N) is 1. The monoisotopic (exact) mass is 482 g/mol. The van der Waals surface area contributed by atoms with Crippen molar-refractivity contribution in [3.05, 3.63) is 18.2 Å². The van der Waals surface area contributed by atoms with Crippen LogP contribution < -0.4 is 21.7 Å². The third-order valence-corrected chi connectivity index (χ3v) is 5.06. The van der Waals surface area contributed by atoms with Crippen LogP contribution in [0.2, 0.25) is 0 Å². The van der Waals surface area contributed by atoms with E-state index in [9.17, 15) is 29.4 Å². The van der Waals surface area contributed by atoms with Gasteiger partial charge in [-0.25, -0.2) is 9.78 Å². The van der Waals surface area contributed by atoms with E-state index >= 15 is 0 Å². The van der Waals surface area contributed by atoms with Gasteiger partial charge in [-0.15, -0.1) is 0 Å². The predicted octanol–water partition coefficient (Wildman–Crippen LogP) is -0.708. The van der Waals surface area contributed by atoms with E-state index < -0.39 is 54.0 Å². The van der Waals surface area contributed by atoms with Gasteiger partial charge in [-0.3, -0.25) is 14.4 Å². The smallest absolute Gasteiger partial charge is 0.328 e. The summed E-state index contributed by atoms with van der Waals surface area (Å²) < 4.78 is 0. The maximum atomic E-state index is 13.1. The van der Waals surface area contributed by atoms with Gasteiger partial charge in [0, 0.05) is 18.3 Å². The van der Waals surface area contributed by atoms with Gasteiger partial charge in [0.05, 0.1) is 18.5 Å². The Balaban J connectivity index is 3.06. The van der Waals surface area contributed by atoms with Crippen molar-refractivity contribution in [3.8, 4) is 0 Å². The first kappa shape index (κ1) is 29.0. The first-order chi connectivity index (χ1) is 15.8. The van der Waals surface area contributed by atoms with Gasteiger partial charge in [0.25, 0.3) is 0 Å². The normalized spacial score (nSPS) is 15.8. The summed E-state index contributed by atoms with van der Waals surface area (Å²) in [5.74, 6) is -3.06. The number of hydrogen-bond donors (Lipinski definition) is 7. The molecule has 0 saturated carbocycles. The van der Waals surface area contributed by atoms with E-state index in [2.05, 4.69) is 25.9 Å². The molecule has 5 unspecified atom stereocenters. The number of aliphatic hydroxyl groups excluding tert-OH is 1. The fourth-order valence-electron chi connectivity index (χ4n) is 3.34. The number of imidazole rings is 1. The van der Waals surface area contributed by atoms with Gasteiger partial charge in [0.15, 0.2) is 6.04 Å². The number of carboxylic acids is 1. The number of aromatic nitrogens is 2. The third kappa shape index (κ3) is 9.87. The molecule has 0 aromatic carbocycles. The Morgan fingerprint density at radius 3 is 1.97 bits per heavy atom. The molecular formula is C22H38N6O6. The highest BCUT2D eigenvalue weighted by atomic mass is 16.4. The van der Waals surface area contributed by atoms with Crippen LogP contribution in [0.15, 0.2) is 12.5 Å². The van der Waals surface area contributed by atoms with Gasteiger partial charge in [0.2, 0.25) is 17.7 Å². The van der Waals surface area contributed by atoms with Crippen molar-refractivity contribution in [1.29, 1.82) is 0 Å². The average molecular weight is 483 g/mol. The van der Waals surface area contributed by atoms with E-state index in [-0.39, 0.29) is 18.3 Å². The Bertz CT molecular complexity index is 811. The Morgan fingerprint density at radius 2 is 1.50 bits per heavy atom. The van der Waals surface area contributed by atoms with Crippen LogP contribution in [0.25, 0.3) is 0 Å². The number of carboxylic acid groups (broad SMARTS) is 1. The molecule has 0 aliphatic rings. The summed E-state index contributed by atoms with van der Waals surface area (Å²) in [6.45, 7) is 8.87. The van der Waals surface area contributed by atoms with Gasteiger partial charge >= 0.3 is 5.97 Å². The quantitative estimate of drug-likeness (QED) is 0.180. The molecule has 0 aliphatic heterocycles. The summed E-state index contributed by atoms with van der Waals surface area (Å²) in [6.07, 6.45) is 2.24. The molecule has 1 aromatic heterocycles. The minimum absolute atomic E-state index is 0.0150. The molecule has 5 atom stereocenters. The maximum absolute atomic E-state index is 13.1. The lowest BCUT2D eigenvalue weighted by Gasteiger charge is -2.26. The highest BCUT2D eigenvalue weighted by Gasteiger charge is 2.32. The zero-order valence-electron chi connectivity index (χ0n) is 20.4. The Labute approximate surface area is 199 Å². The molecule has 3 amide bonds. The zero-order valence-corrected chi connectivity index (χ0v) is 20.4. The summed E-state index contributed by atoms with van der Waals surface area (Å²) in [6, 6.07) is -4.48. The standard InChI is InChI=1S/C22H38N6O6/c1-11(2)6-15(23)19(30)26-16(7-12(3)4)20(31)27-17(8-14-9-24-10-25-14)21(32)28-18(13(5)29)22(33)34/h9-13,15-18,29H,6-8,23H2,1-5H3,(H,24,25)(H,26,30)(H,27,31)(H,28,32)(H,33,34). The molecule has 0 fully saturated rings. The Hall–Kier alpha value is -2.99. The average Bonchev–Trinajstić information content (AvgIpc) is 3.22. The Morgan fingerprint density at radius 1 is 0.941 bits per heavy atom. The predicted molar refractivity (Wildman–Crippen MR) is 124 cm³/mol. The number of hydrogen-bond acceptors (Lipinski definition) is 7. The van der Waals surface area contributed by atoms with Crippen LogP contribution in [0.5, 0.6) is 0 Å². The minimum atomic E-state index is -1.56. The van der Waals surface area contributed by atoms with Crippen LogP contribution in [0, 0.1) is 11.8 Å². The summed E-state index contributed by atoms with van der Waals surface area (Å²) in [5.41, 5.74) is 6.47. The van der Waals surface area contributed by atoms with Crippen LogP contribution in [-0.4, -0.2) is 74.1 Å². The SMILES string of the molecule is CC(C)CC(N)C(=O)NC(CC(C)C)C(=O)NC(Cc1cnc[nH]1)C(=O)NC(C(=O)O)C(C)O. The lowest BCUT2D eigenvalue weighted by Crippen LogP contribution is -2.59. The van der Waals surface area contributed by atoms with E-state index in [0.717, 1.165) is 0 Å². The van der Waals surface area contributed by atoms with E-state index in [1.165, 1.54) is 19.4 Å². The van der Waals surface area contributed by atoms with Crippen molar-refractivity contribution < 1.29 is 29.4 Å². The number of aliphatic carboxylic acids is 1. The number of nitrogens with two attached hydrogens (primary N) is 1. The molecule has 0 radical (unpaired) electrons. The Kier molecular flexibility index (Phi) is 11.7. The van der Waals surface area contributed by atoms with E-state index in [4.69, 9.17) is 5.73 Å². The molecule has 0 aliphatic carbocycles. The number of carbonyl (C=O) groups excluding carboxylic acids is 3. The molecule has 1 heterocycles. The van der Waals surface area contributed by atoms with Crippen molar-refractivity contribution in [2.75, 3.05) is 0 Å². The zero-order chi connectivity index (χ0) is 26.0. The van der Waals surface area contributed by atoms with Crippen LogP contribution in [0.1, 0.15) is 53.2 Å². The van der Waals surface area contributed by atoms with E-state index in [0.29, 0.717) is 18.5 Å². The first-order valence-corrected chi connectivity index (χ1v) is 11.4. The second-order valence-electron chi connectivity index (χ2n) is 9.33. The number of amides is 3. The minimum Gasteiger partial charge on any atom is -0.480 e. The number of aliphatic hydroxyl groups is 1. The molecule has 1 rings (SSSR count). The summed E-state index contributed by atoms with van der Waals surface area (Å²) in [4.78, 5) is 56.6.